The van der Waals surface area contributed by atoms with Crippen molar-refractivity contribution in [1.29, 1.82) is 0 Å². The van der Waals surface area contributed by atoms with Crippen LogP contribution in [0.25, 0.3) is 10.4 Å². The van der Waals surface area contributed by atoms with Gasteiger partial charge in [0.1, 0.15) is 0 Å². The van der Waals surface area contributed by atoms with Crippen LogP contribution in [0, 0.1) is 0 Å². The van der Waals surface area contributed by atoms with Gasteiger partial charge in [-0.2, -0.15) is 0 Å². The minimum Gasteiger partial charge on any atom is -0.478 e. The van der Waals surface area contributed by atoms with Gasteiger partial charge in [0.25, 0.3) is 0 Å². The Bertz CT molecular complexity index is 277. The highest BCUT2D eigenvalue weighted by Gasteiger charge is 2.09. The summed E-state index contributed by atoms with van der Waals surface area (Å²) in [4.78, 5) is 13.0. The van der Waals surface area contributed by atoms with Crippen molar-refractivity contribution in [3.8, 4) is 0 Å². The number of carboxylic acids is 1. The van der Waals surface area contributed by atoms with Gasteiger partial charge in [0.15, 0.2) is 0 Å². The zero-order valence-corrected chi connectivity index (χ0v) is 7.43. The molecule has 6 heteroatoms. The first-order valence-corrected chi connectivity index (χ1v) is 3.65. The normalized spacial score (nSPS) is 14.1. The Hall–Kier alpha value is -1.52. The highest BCUT2D eigenvalue weighted by Crippen LogP contribution is 2.13. The summed E-state index contributed by atoms with van der Waals surface area (Å²) in [5.74, 6) is -1.15. The van der Waals surface area contributed by atoms with E-state index in [2.05, 4.69) is 10.0 Å². The minimum atomic E-state index is -1.15. The predicted octanol–water partition coefficient (Wildman–Crippen LogP) is 1.43. The van der Waals surface area contributed by atoms with Crippen molar-refractivity contribution in [2.24, 2.45) is 5.11 Å². The number of hydrogen-bond acceptors (Lipinski definition) is 3. The number of rotatable bonds is 4. The molecule has 2 N–H and O–H groups in total. The summed E-state index contributed by atoms with van der Waals surface area (Å²) < 4.78 is 0. The van der Waals surface area contributed by atoms with E-state index in [1.165, 1.54) is 13.8 Å². The molecule has 0 aromatic rings. The lowest BCUT2D eigenvalue weighted by Gasteiger charge is -2.05. The fourth-order valence-electron chi connectivity index (χ4n) is 0.726. The number of aliphatic hydroxyl groups excluding tert-OH is 1. The van der Waals surface area contributed by atoms with Crippen LogP contribution in [0.5, 0.6) is 0 Å². The lowest BCUT2D eigenvalue weighted by molar-refractivity contribution is -0.132. The molecule has 6 nitrogen and oxygen atoms in total. The summed E-state index contributed by atoms with van der Waals surface area (Å²) in [6.07, 6.45) is -0.683. The second-order valence-corrected chi connectivity index (χ2v) is 2.62. The van der Waals surface area contributed by atoms with E-state index in [-0.39, 0.29) is 17.7 Å². The highest BCUT2D eigenvalue weighted by molar-refractivity contribution is 5.86. The van der Waals surface area contributed by atoms with Crippen molar-refractivity contribution in [1.82, 2.24) is 0 Å². The van der Waals surface area contributed by atoms with E-state index < -0.39 is 12.1 Å². The Morgan fingerprint density at radius 2 is 2.23 bits per heavy atom. The molecule has 0 amide bonds. The lowest BCUT2D eigenvalue weighted by Crippen LogP contribution is -2.06. The van der Waals surface area contributed by atoms with E-state index in [1.54, 1.807) is 0 Å². The second kappa shape index (κ2) is 5.18. The third-order valence-electron chi connectivity index (χ3n) is 1.41. The second-order valence-electron chi connectivity index (χ2n) is 2.62. The minimum absolute atomic E-state index is 0.0429. The topological polar surface area (TPSA) is 106 Å². The van der Waals surface area contributed by atoms with Gasteiger partial charge in [0, 0.05) is 22.6 Å². The van der Waals surface area contributed by atoms with Crippen molar-refractivity contribution in [2.75, 3.05) is 0 Å². The van der Waals surface area contributed by atoms with E-state index in [9.17, 15) is 4.79 Å². The van der Waals surface area contributed by atoms with Gasteiger partial charge in [0.05, 0.1) is 6.10 Å². The summed E-state index contributed by atoms with van der Waals surface area (Å²) in [6, 6.07) is 0. The van der Waals surface area contributed by atoms with Crippen molar-refractivity contribution in [3.63, 3.8) is 0 Å². The van der Waals surface area contributed by atoms with E-state index >= 15 is 0 Å². The first-order valence-electron chi connectivity index (χ1n) is 3.65. The van der Waals surface area contributed by atoms with Crippen molar-refractivity contribution in [2.45, 2.75) is 26.4 Å². The Kier molecular flexibility index (Phi) is 4.58. The molecule has 0 saturated heterocycles. The fourth-order valence-corrected chi connectivity index (χ4v) is 0.726. The molecule has 0 heterocycles. The maximum absolute atomic E-state index is 10.5. The molecule has 0 fully saturated rings. The molecule has 0 aromatic heterocycles. The van der Waals surface area contributed by atoms with Crippen LogP contribution in [0.2, 0.25) is 0 Å². The van der Waals surface area contributed by atoms with Gasteiger partial charge in [-0.3, -0.25) is 0 Å². The molecule has 0 rings (SSSR count). The summed E-state index contributed by atoms with van der Waals surface area (Å²) in [5, 5.41) is 20.7. The molecule has 0 aromatic carbocycles. The smallest absolute Gasteiger partial charge is 0.331 e. The molecule has 0 aliphatic carbocycles. The molecule has 0 aliphatic rings. The number of carbonyl (C=O) groups is 1. The van der Waals surface area contributed by atoms with Gasteiger partial charge in [-0.25, -0.2) is 4.79 Å². The number of carboxylic acid groups (broad SMARTS) is 1. The monoisotopic (exact) mass is 185 g/mol. The standard InChI is InChI=1S/C7H11N3O3/c1-4(11)3-6(9-10-8)5(2)7(12)13/h4,11H,3H2,1-2H3,(H,12,13). The number of hydrogen-bond donors (Lipinski definition) is 2. The van der Waals surface area contributed by atoms with Crippen LogP contribution in [-0.2, 0) is 4.79 Å². The van der Waals surface area contributed by atoms with E-state index in [0.717, 1.165) is 0 Å². The average Bonchev–Trinajstić information content (AvgIpc) is 2.01. The Morgan fingerprint density at radius 1 is 1.69 bits per heavy atom. The third-order valence-corrected chi connectivity index (χ3v) is 1.41. The van der Waals surface area contributed by atoms with Gasteiger partial charge in [-0.1, -0.05) is 5.11 Å². The van der Waals surface area contributed by atoms with E-state index in [4.69, 9.17) is 15.7 Å². The molecule has 13 heavy (non-hydrogen) atoms. The quantitative estimate of drug-likeness (QED) is 0.299. The molecule has 0 spiro atoms. The molecule has 0 saturated carbocycles. The Labute approximate surface area is 75.1 Å². The Balaban J connectivity index is 4.88. The first kappa shape index (κ1) is 11.5. The van der Waals surface area contributed by atoms with Gasteiger partial charge >= 0.3 is 5.97 Å². The number of aliphatic carboxylic acids is 1. The fraction of sp³-hybridized carbons (Fsp3) is 0.571. The van der Waals surface area contributed by atoms with Crippen LogP contribution in [0.1, 0.15) is 20.3 Å². The van der Waals surface area contributed by atoms with Crippen LogP contribution in [0.15, 0.2) is 16.4 Å². The lowest BCUT2D eigenvalue weighted by atomic mass is 10.1. The maximum Gasteiger partial charge on any atom is 0.331 e. The molecule has 0 radical (unpaired) electrons. The third kappa shape index (κ3) is 4.15. The molecule has 72 valence electrons. The Morgan fingerprint density at radius 3 is 2.54 bits per heavy atom. The van der Waals surface area contributed by atoms with Crippen LogP contribution in [-0.4, -0.2) is 22.3 Å². The number of aliphatic hydroxyl groups is 1. The van der Waals surface area contributed by atoms with Gasteiger partial charge in [-0.15, -0.1) is 0 Å². The van der Waals surface area contributed by atoms with Crippen molar-refractivity contribution < 1.29 is 15.0 Å². The molecular weight excluding hydrogens is 174 g/mol. The van der Waals surface area contributed by atoms with Gasteiger partial charge in [-0.05, 0) is 19.4 Å². The molecular formula is C7H11N3O3. The molecule has 0 bridgehead atoms. The number of azide groups is 1. The molecule has 1 unspecified atom stereocenters. The SMILES string of the molecule is CC(C(=O)O)=C(CC(C)O)N=[N+]=[N-]. The van der Waals surface area contributed by atoms with Crippen molar-refractivity contribution >= 4 is 5.97 Å². The zero-order valence-electron chi connectivity index (χ0n) is 7.43. The summed E-state index contributed by atoms with van der Waals surface area (Å²) >= 11 is 0. The highest BCUT2D eigenvalue weighted by atomic mass is 16.4. The van der Waals surface area contributed by atoms with E-state index in [0.29, 0.717) is 0 Å². The average molecular weight is 185 g/mol. The summed E-state index contributed by atoms with van der Waals surface area (Å²) in [6.45, 7) is 2.82. The molecule has 0 aliphatic heterocycles. The summed E-state index contributed by atoms with van der Waals surface area (Å²) in [5.41, 5.74) is 8.15. The van der Waals surface area contributed by atoms with Crippen LogP contribution < -0.4 is 0 Å². The largest absolute Gasteiger partial charge is 0.478 e. The predicted molar refractivity (Wildman–Crippen MR) is 45.8 cm³/mol. The van der Waals surface area contributed by atoms with Gasteiger partial charge in [0.2, 0.25) is 0 Å². The zero-order chi connectivity index (χ0) is 10.4. The van der Waals surface area contributed by atoms with Crippen LogP contribution >= 0.6 is 0 Å². The van der Waals surface area contributed by atoms with Crippen LogP contribution in [0.4, 0.5) is 0 Å². The number of nitrogens with zero attached hydrogens (tertiary/aromatic N) is 3. The van der Waals surface area contributed by atoms with Crippen molar-refractivity contribution in [3.05, 3.63) is 21.7 Å². The maximum atomic E-state index is 10.5. The summed E-state index contributed by atoms with van der Waals surface area (Å²) in [7, 11) is 0. The van der Waals surface area contributed by atoms with E-state index in [1.807, 2.05) is 0 Å². The first-order chi connectivity index (χ1) is 5.99. The van der Waals surface area contributed by atoms with Gasteiger partial charge < -0.3 is 10.2 Å². The molecule has 1 atom stereocenters. The van der Waals surface area contributed by atoms with Crippen LogP contribution in [0.3, 0.4) is 0 Å².